The number of carbonyl (C=O) groups is 1. The first-order valence-electron chi connectivity index (χ1n) is 8.09. The molecule has 0 saturated heterocycles. The predicted molar refractivity (Wildman–Crippen MR) is 99.5 cm³/mol. The van der Waals surface area contributed by atoms with Crippen LogP contribution in [0.4, 0.5) is 0 Å². The van der Waals surface area contributed by atoms with E-state index in [9.17, 15) is 4.79 Å². The van der Waals surface area contributed by atoms with Gasteiger partial charge in [-0.15, -0.1) is 5.10 Å². The Kier molecular flexibility index (Phi) is 4.99. The summed E-state index contributed by atoms with van der Waals surface area (Å²) < 4.78 is 1.69. The summed E-state index contributed by atoms with van der Waals surface area (Å²) >= 11 is 1.37. The Morgan fingerprint density at radius 2 is 1.72 bits per heavy atom. The Morgan fingerprint density at radius 1 is 1.04 bits per heavy atom. The number of hydrogen-bond donors (Lipinski definition) is 0. The second kappa shape index (κ2) is 7.19. The molecule has 3 aromatic rings. The largest absolute Gasteiger partial charge is 0.293 e. The zero-order valence-corrected chi connectivity index (χ0v) is 15.5. The molecule has 0 amide bonds. The number of tetrazole rings is 1. The minimum Gasteiger partial charge on any atom is -0.293 e. The fraction of sp³-hybridized carbons (Fsp3) is 0.263. The summed E-state index contributed by atoms with van der Waals surface area (Å²) in [5, 5.41) is 12.3. The topological polar surface area (TPSA) is 60.7 Å². The standard InChI is InChI=1S/C19H20N4OS/c1-12-5-8-16(9-6-12)18(24)15(4)25-19-20-21-22-23(19)17-10-7-13(2)11-14(17)3/h5-11,15H,1-4H3/t15-/m1/s1. The Morgan fingerprint density at radius 3 is 2.40 bits per heavy atom. The maximum absolute atomic E-state index is 12.6. The Labute approximate surface area is 151 Å². The molecule has 6 heteroatoms. The van der Waals surface area contributed by atoms with Gasteiger partial charge in [0.1, 0.15) is 0 Å². The van der Waals surface area contributed by atoms with Crippen molar-refractivity contribution in [1.82, 2.24) is 20.2 Å². The van der Waals surface area contributed by atoms with Gasteiger partial charge in [-0.05, 0) is 49.8 Å². The normalized spacial score (nSPS) is 12.2. The SMILES string of the molecule is Cc1ccc(C(=O)[C@@H](C)Sc2nnnn2-c2ccc(C)cc2C)cc1. The summed E-state index contributed by atoms with van der Waals surface area (Å²) in [6.07, 6.45) is 0. The molecule has 1 heterocycles. The van der Waals surface area contributed by atoms with Crippen LogP contribution in [-0.4, -0.2) is 31.2 Å². The molecule has 0 saturated carbocycles. The molecule has 0 bridgehead atoms. The third-order valence-corrected chi connectivity index (χ3v) is 5.04. The number of benzene rings is 2. The number of ketones is 1. The van der Waals surface area contributed by atoms with Crippen molar-refractivity contribution in [3.8, 4) is 5.69 Å². The second-order valence-corrected chi connectivity index (χ2v) is 7.46. The number of hydrogen-bond acceptors (Lipinski definition) is 5. The van der Waals surface area contributed by atoms with E-state index in [4.69, 9.17) is 0 Å². The van der Waals surface area contributed by atoms with E-state index in [-0.39, 0.29) is 11.0 Å². The highest BCUT2D eigenvalue weighted by Gasteiger charge is 2.21. The number of carbonyl (C=O) groups excluding carboxylic acids is 1. The number of nitrogens with zero attached hydrogens (tertiary/aromatic N) is 4. The molecule has 0 radical (unpaired) electrons. The molecular weight excluding hydrogens is 332 g/mol. The molecule has 1 atom stereocenters. The first-order chi connectivity index (χ1) is 12.0. The van der Waals surface area contributed by atoms with E-state index in [0.717, 1.165) is 16.8 Å². The fourth-order valence-electron chi connectivity index (χ4n) is 2.61. The van der Waals surface area contributed by atoms with E-state index < -0.39 is 0 Å². The molecule has 3 rings (SSSR count). The molecule has 25 heavy (non-hydrogen) atoms. The highest BCUT2D eigenvalue weighted by atomic mass is 32.2. The third-order valence-electron chi connectivity index (χ3n) is 4.01. The molecule has 0 aliphatic heterocycles. The summed E-state index contributed by atoms with van der Waals surface area (Å²) in [6, 6.07) is 13.7. The highest BCUT2D eigenvalue weighted by molar-refractivity contribution is 8.00. The average Bonchev–Trinajstić information content (AvgIpc) is 3.02. The van der Waals surface area contributed by atoms with Crippen LogP contribution in [0.5, 0.6) is 0 Å². The van der Waals surface area contributed by atoms with Crippen LogP contribution in [0.1, 0.15) is 34.0 Å². The van der Waals surface area contributed by atoms with Gasteiger partial charge in [0.2, 0.25) is 5.16 Å². The maximum Gasteiger partial charge on any atom is 0.214 e. The van der Waals surface area contributed by atoms with E-state index in [1.807, 2.05) is 64.1 Å². The van der Waals surface area contributed by atoms with Crippen LogP contribution in [0.15, 0.2) is 47.6 Å². The molecule has 128 valence electrons. The highest BCUT2D eigenvalue weighted by Crippen LogP contribution is 2.26. The fourth-order valence-corrected chi connectivity index (χ4v) is 3.49. The van der Waals surface area contributed by atoms with Gasteiger partial charge in [-0.1, -0.05) is 59.3 Å². The first-order valence-corrected chi connectivity index (χ1v) is 8.97. The van der Waals surface area contributed by atoms with Crippen LogP contribution in [-0.2, 0) is 0 Å². The molecule has 2 aromatic carbocycles. The quantitative estimate of drug-likeness (QED) is 0.514. The predicted octanol–water partition coefficient (Wildman–Crippen LogP) is 3.95. The van der Waals surface area contributed by atoms with Crippen molar-refractivity contribution in [2.24, 2.45) is 0 Å². The monoisotopic (exact) mass is 352 g/mol. The van der Waals surface area contributed by atoms with Gasteiger partial charge in [0, 0.05) is 5.56 Å². The lowest BCUT2D eigenvalue weighted by Gasteiger charge is -2.12. The maximum atomic E-state index is 12.6. The van der Waals surface area contributed by atoms with E-state index >= 15 is 0 Å². The smallest absolute Gasteiger partial charge is 0.214 e. The molecule has 5 nitrogen and oxygen atoms in total. The molecule has 0 spiro atoms. The number of rotatable bonds is 5. The molecule has 0 aliphatic carbocycles. The summed E-state index contributed by atoms with van der Waals surface area (Å²) in [4.78, 5) is 12.6. The van der Waals surface area contributed by atoms with Gasteiger partial charge in [-0.3, -0.25) is 4.79 Å². The van der Waals surface area contributed by atoms with Crippen molar-refractivity contribution in [3.63, 3.8) is 0 Å². The molecule has 0 unspecified atom stereocenters. The van der Waals surface area contributed by atoms with Gasteiger partial charge >= 0.3 is 0 Å². The van der Waals surface area contributed by atoms with Crippen LogP contribution >= 0.6 is 11.8 Å². The molecule has 0 aliphatic rings. The number of aromatic nitrogens is 4. The minimum atomic E-state index is -0.279. The lowest BCUT2D eigenvalue weighted by molar-refractivity contribution is 0.0994. The summed E-state index contributed by atoms with van der Waals surface area (Å²) in [6.45, 7) is 7.96. The van der Waals surface area contributed by atoms with E-state index in [0.29, 0.717) is 10.7 Å². The Balaban J connectivity index is 1.83. The summed E-state index contributed by atoms with van der Waals surface area (Å²) in [5.41, 5.74) is 5.04. The molecule has 1 aromatic heterocycles. The zero-order valence-electron chi connectivity index (χ0n) is 14.7. The number of aryl methyl sites for hydroxylation is 3. The Bertz CT molecular complexity index is 902. The minimum absolute atomic E-state index is 0.0696. The van der Waals surface area contributed by atoms with Gasteiger partial charge in [-0.25, -0.2) is 0 Å². The third kappa shape index (κ3) is 3.79. The number of Topliss-reactive ketones (excluding diaryl/α,β-unsaturated/α-hetero) is 1. The van der Waals surface area contributed by atoms with Crippen LogP contribution in [0, 0.1) is 20.8 Å². The van der Waals surface area contributed by atoms with Gasteiger partial charge in [0.15, 0.2) is 5.78 Å². The summed E-state index contributed by atoms with van der Waals surface area (Å²) in [5.74, 6) is 0.0696. The van der Waals surface area contributed by atoms with Crippen LogP contribution < -0.4 is 0 Å². The number of thioether (sulfide) groups is 1. The molecular formula is C19H20N4OS. The van der Waals surface area contributed by atoms with Crippen LogP contribution in [0.25, 0.3) is 5.69 Å². The lowest BCUT2D eigenvalue weighted by atomic mass is 10.1. The summed E-state index contributed by atoms with van der Waals surface area (Å²) in [7, 11) is 0. The Hall–Kier alpha value is -2.47. The first kappa shape index (κ1) is 17.4. The van der Waals surface area contributed by atoms with Crippen LogP contribution in [0.2, 0.25) is 0 Å². The van der Waals surface area contributed by atoms with Crippen molar-refractivity contribution in [2.45, 2.75) is 38.1 Å². The van der Waals surface area contributed by atoms with E-state index in [1.165, 1.54) is 17.3 Å². The van der Waals surface area contributed by atoms with Crippen molar-refractivity contribution in [1.29, 1.82) is 0 Å². The van der Waals surface area contributed by atoms with Gasteiger partial charge < -0.3 is 0 Å². The van der Waals surface area contributed by atoms with E-state index in [1.54, 1.807) is 4.68 Å². The average molecular weight is 352 g/mol. The van der Waals surface area contributed by atoms with Crippen LogP contribution in [0.3, 0.4) is 0 Å². The van der Waals surface area contributed by atoms with Crippen molar-refractivity contribution >= 4 is 17.5 Å². The van der Waals surface area contributed by atoms with Crippen molar-refractivity contribution in [2.75, 3.05) is 0 Å². The van der Waals surface area contributed by atoms with Gasteiger partial charge in [-0.2, -0.15) is 4.68 Å². The van der Waals surface area contributed by atoms with Gasteiger partial charge in [0.25, 0.3) is 0 Å². The zero-order chi connectivity index (χ0) is 18.0. The molecule has 0 N–H and O–H groups in total. The lowest BCUT2D eigenvalue weighted by Crippen LogP contribution is -2.15. The van der Waals surface area contributed by atoms with Gasteiger partial charge in [0.05, 0.1) is 10.9 Å². The van der Waals surface area contributed by atoms with Crippen molar-refractivity contribution in [3.05, 3.63) is 64.7 Å². The van der Waals surface area contributed by atoms with Crippen molar-refractivity contribution < 1.29 is 4.79 Å². The second-order valence-electron chi connectivity index (χ2n) is 6.15. The molecule has 0 fully saturated rings. The van der Waals surface area contributed by atoms with E-state index in [2.05, 4.69) is 21.6 Å².